The van der Waals surface area contributed by atoms with Crippen LogP contribution in [0.2, 0.25) is 10.0 Å². The molecule has 1 saturated carbocycles. The first kappa shape index (κ1) is 28.1. The summed E-state index contributed by atoms with van der Waals surface area (Å²) in [7, 11) is 0. The summed E-state index contributed by atoms with van der Waals surface area (Å²) in [5, 5.41) is 19.2. The number of hydrogen-bond acceptors (Lipinski definition) is 6. The van der Waals surface area contributed by atoms with Crippen molar-refractivity contribution in [2.45, 2.75) is 43.8 Å². The highest BCUT2D eigenvalue weighted by Gasteiger charge is 2.45. The van der Waals surface area contributed by atoms with Crippen LogP contribution in [0.5, 0.6) is 0 Å². The first-order chi connectivity index (χ1) is 17.5. The van der Waals surface area contributed by atoms with Gasteiger partial charge in [0.2, 0.25) is 0 Å². The molecule has 2 heterocycles. The van der Waals surface area contributed by atoms with Crippen LogP contribution in [0, 0.1) is 0 Å². The Kier molecular flexibility index (Phi) is 7.65. The third kappa shape index (κ3) is 5.45. The number of aromatic nitrogens is 6. The summed E-state index contributed by atoms with van der Waals surface area (Å²) in [6.07, 6.45) is -6.34. The summed E-state index contributed by atoms with van der Waals surface area (Å²) >= 11 is 12.3. The maximum absolute atomic E-state index is 13.2. The van der Waals surface area contributed by atoms with Crippen molar-refractivity contribution < 1.29 is 18.3 Å². The lowest BCUT2D eigenvalue weighted by molar-refractivity contribution is -0.207. The average molecular weight is 591 g/mol. The molecule has 0 amide bonds. The topological polar surface area (TPSA) is 117 Å². The Balaban J connectivity index is 0.00000336. The number of aliphatic hydroxyl groups excluding tert-OH is 1. The van der Waals surface area contributed by atoms with Gasteiger partial charge in [-0.1, -0.05) is 35.3 Å². The second-order valence-corrected chi connectivity index (χ2v) is 9.65. The Labute approximate surface area is 230 Å². The molecule has 2 aromatic heterocycles. The average Bonchev–Trinajstić information content (AvgIpc) is 3.33. The van der Waals surface area contributed by atoms with E-state index in [9.17, 15) is 23.1 Å². The van der Waals surface area contributed by atoms with Crippen molar-refractivity contribution in [1.29, 1.82) is 0 Å². The van der Waals surface area contributed by atoms with Crippen LogP contribution >= 0.6 is 35.6 Å². The molecule has 1 aliphatic rings. The fourth-order valence-corrected chi connectivity index (χ4v) is 4.17. The predicted octanol–water partition coefficient (Wildman–Crippen LogP) is 3.94. The molecular weight excluding hydrogens is 570 g/mol. The second-order valence-electron chi connectivity index (χ2n) is 8.81. The van der Waals surface area contributed by atoms with Gasteiger partial charge in [0.05, 0.1) is 22.8 Å². The first-order valence-electron chi connectivity index (χ1n) is 11.1. The molecule has 5 rings (SSSR count). The third-order valence-corrected chi connectivity index (χ3v) is 6.59. The number of rotatable bonds is 7. The second kappa shape index (κ2) is 10.3. The zero-order valence-corrected chi connectivity index (χ0v) is 21.8. The zero-order valence-electron chi connectivity index (χ0n) is 19.4. The van der Waals surface area contributed by atoms with Crippen LogP contribution in [0.25, 0.3) is 17.1 Å². The van der Waals surface area contributed by atoms with Gasteiger partial charge in [-0.3, -0.25) is 4.57 Å². The van der Waals surface area contributed by atoms with Gasteiger partial charge in [-0.25, -0.2) is 19.1 Å². The van der Waals surface area contributed by atoms with E-state index in [1.165, 1.54) is 28.9 Å². The number of benzene rings is 2. The Morgan fingerprint density at radius 1 is 1.08 bits per heavy atom. The van der Waals surface area contributed by atoms with E-state index in [1.807, 2.05) is 0 Å². The molecule has 1 aliphatic carbocycles. The minimum absolute atomic E-state index is 0. The van der Waals surface area contributed by atoms with Gasteiger partial charge in [0.15, 0.2) is 23.6 Å². The summed E-state index contributed by atoms with van der Waals surface area (Å²) in [6.45, 7) is -1.30. The number of nitrogens with two attached hydrogens (primary N) is 1. The van der Waals surface area contributed by atoms with Crippen molar-refractivity contribution in [1.82, 2.24) is 29.1 Å². The van der Waals surface area contributed by atoms with Gasteiger partial charge in [0.25, 0.3) is 0 Å². The van der Waals surface area contributed by atoms with Gasteiger partial charge in [-0.15, -0.1) is 22.6 Å². The van der Waals surface area contributed by atoms with Crippen LogP contribution in [0.4, 0.5) is 13.2 Å². The van der Waals surface area contributed by atoms with Gasteiger partial charge < -0.3 is 10.8 Å². The number of hydrogen-bond donors (Lipinski definition) is 2. The van der Waals surface area contributed by atoms with Crippen molar-refractivity contribution in [3.63, 3.8) is 0 Å². The van der Waals surface area contributed by atoms with Crippen molar-refractivity contribution in [3.05, 3.63) is 80.7 Å². The van der Waals surface area contributed by atoms with Crippen molar-refractivity contribution in [2.75, 3.05) is 0 Å². The molecule has 1 atom stereocenters. The van der Waals surface area contributed by atoms with E-state index >= 15 is 0 Å². The molecular formula is C23H21Cl3F3N7O2. The summed E-state index contributed by atoms with van der Waals surface area (Å²) in [5.74, 6) is 0.541. The minimum Gasteiger partial charge on any atom is -0.382 e. The Bertz CT molecular complexity index is 1510. The summed E-state index contributed by atoms with van der Waals surface area (Å²) in [4.78, 5) is 17.7. The van der Waals surface area contributed by atoms with E-state index in [2.05, 4.69) is 15.2 Å². The van der Waals surface area contributed by atoms with E-state index in [0.717, 1.165) is 9.25 Å². The number of alkyl halides is 3. The molecule has 0 aliphatic heterocycles. The van der Waals surface area contributed by atoms with Crippen LogP contribution in [0.15, 0.2) is 53.3 Å². The Morgan fingerprint density at radius 2 is 1.74 bits per heavy atom. The van der Waals surface area contributed by atoms with E-state index in [1.54, 1.807) is 24.3 Å². The molecule has 38 heavy (non-hydrogen) atoms. The van der Waals surface area contributed by atoms with Gasteiger partial charge >= 0.3 is 11.9 Å². The Hall–Kier alpha value is -2.90. The molecule has 9 nitrogen and oxygen atoms in total. The van der Waals surface area contributed by atoms with Crippen LogP contribution in [-0.4, -0.2) is 46.5 Å². The number of halogens is 6. The molecule has 0 saturated heterocycles. The lowest BCUT2D eigenvalue weighted by Gasteiger charge is -2.15. The maximum Gasteiger partial charge on any atom is 0.416 e. The monoisotopic (exact) mass is 589 g/mol. The highest BCUT2D eigenvalue weighted by molar-refractivity contribution is 6.32. The van der Waals surface area contributed by atoms with Gasteiger partial charge in [0.1, 0.15) is 6.54 Å². The number of para-hydroxylation sites is 1. The predicted molar refractivity (Wildman–Crippen MR) is 137 cm³/mol. The molecule has 0 spiro atoms. The smallest absolute Gasteiger partial charge is 0.382 e. The fraction of sp³-hybridized carbons (Fsp3) is 0.304. The molecule has 0 radical (unpaired) electrons. The lowest BCUT2D eigenvalue weighted by atomic mass is 10.2. The zero-order chi connectivity index (χ0) is 26.5. The standard InChI is InChI=1S/C23H20Cl2F3N7O2.ClH/c24-14-7-5-13(6-8-14)19-32-34(21(37)33(19)11-17(36)23(26,27)28)12-18-30-20(22(29)9-10-22)35(31-18)16-4-2-1-3-15(16)25;/h1-8,17,36H,9-12,29H2;1H. The Morgan fingerprint density at radius 3 is 2.34 bits per heavy atom. The molecule has 4 aromatic rings. The number of aliphatic hydroxyl groups is 1. The summed E-state index contributed by atoms with van der Waals surface area (Å²) in [5.41, 5.74) is 5.70. The SMILES string of the molecule is Cl.NC1(c2nc(Cn3nc(-c4ccc(Cl)cc4)n(CC(O)C(F)(F)F)c3=O)nn2-c2ccccc2Cl)CC1. The summed E-state index contributed by atoms with van der Waals surface area (Å²) < 4.78 is 42.6. The van der Waals surface area contributed by atoms with Crippen LogP contribution in [0.3, 0.4) is 0 Å². The van der Waals surface area contributed by atoms with Crippen LogP contribution in [-0.2, 0) is 18.6 Å². The van der Waals surface area contributed by atoms with E-state index in [-0.39, 0.29) is 30.6 Å². The first-order valence-corrected chi connectivity index (χ1v) is 11.9. The maximum atomic E-state index is 13.2. The van der Waals surface area contributed by atoms with Gasteiger partial charge in [-0.2, -0.15) is 13.2 Å². The van der Waals surface area contributed by atoms with E-state index < -0.39 is 30.1 Å². The highest BCUT2D eigenvalue weighted by atomic mass is 35.5. The molecule has 0 bridgehead atoms. The quantitative estimate of drug-likeness (QED) is 0.337. The van der Waals surface area contributed by atoms with Crippen molar-refractivity contribution in [3.8, 4) is 17.1 Å². The normalized spacial score (nSPS) is 15.2. The van der Waals surface area contributed by atoms with E-state index in [4.69, 9.17) is 28.9 Å². The molecule has 1 fully saturated rings. The number of nitrogens with zero attached hydrogens (tertiary/aromatic N) is 6. The summed E-state index contributed by atoms with van der Waals surface area (Å²) in [6, 6.07) is 13.0. The lowest BCUT2D eigenvalue weighted by Crippen LogP contribution is -2.37. The molecule has 2 aromatic carbocycles. The molecule has 3 N–H and O–H groups in total. The largest absolute Gasteiger partial charge is 0.416 e. The van der Waals surface area contributed by atoms with Crippen LogP contribution in [0.1, 0.15) is 24.5 Å². The van der Waals surface area contributed by atoms with Crippen LogP contribution < -0.4 is 11.4 Å². The molecule has 1 unspecified atom stereocenters. The van der Waals surface area contributed by atoms with Crippen molar-refractivity contribution in [2.24, 2.45) is 5.73 Å². The van der Waals surface area contributed by atoms with Gasteiger partial charge in [0, 0.05) is 10.6 Å². The molecule has 202 valence electrons. The highest BCUT2D eigenvalue weighted by Crippen LogP contribution is 2.42. The third-order valence-electron chi connectivity index (χ3n) is 6.02. The molecule has 15 heteroatoms. The van der Waals surface area contributed by atoms with E-state index in [0.29, 0.717) is 40.0 Å². The van der Waals surface area contributed by atoms with Crippen molar-refractivity contribution >= 4 is 35.6 Å². The fourth-order valence-electron chi connectivity index (χ4n) is 3.83. The van der Waals surface area contributed by atoms with Gasteiger partial charge in [-0.05, 0) is 49.2 Å². The minimum atomic E-state index is -4.93.